The van der Waals surface area contributed by atoms with E-state index in [0.29, 0.717) is 12.2 Å². The second kappa shape index (κ2) is 14.7. The van der Waals surface area contributed by atoms with Gasteiger partial charge in [0.1, 0.15) is 18.1 Å². The number of carbonyl (C=O) groups excluding carboxylic acids is 4. The molecule has 0 aromatic carbocycles. The van der Waals surface area contributed by atoms with E-state index in [1.807, 2.05) is 13.2 Å². The highest BCUT2D eigenvalue weighted by molar-refractivity contribution is 7.98. The van der Waals surface area contributed by atoms with E-state index in [0.717, 1.165) is 0 Å². The number of carboxylic acid groups (broad SMARTS) is 1. The van der Waals surface area contributed by atoms with E-state index < -0.39 is 53.8 Å². The average Bonchev–Trinajstić information content (AvgIpc) is 2.70. The zero-order chi connectivity index (χ0) is 25.0. The topological polar surface area (TPSA) is 194 Å². The van der Waals surface area contributed by atoms with Crippen LogP contribution in [0.2, 0.25) is 0 Å². The number of hydrogen-bond acceptors (Lipinski definition) is 7. The SMILES string of the molecule is CCC(C)C(NC(=O)C(N)CC(N)=O)C(=O)NC(CCSC)C(=O)NC(C(=O)O)C(C)C. The number of nitrogens with two attached hydrogens (primary N) is 2. The summed E-state index contributed by atoms with van der Waals surface area (Å²) in [7, 11) is 0. The van der Waals surface area contributed by atoms with Gasteiger partial charge in [-0.25, -0.2) is 4.79 Å². The Hall–Kier alpha value is -2.34. The lowest BCUT2D eigenvalue weighted by atomic mass is 9.97. The molecule has 0 rings (SSSR count). The van der Waals surface area contributed by atoms with E-state index >= 15 is 0 Å². The molecule has 5 unspecified atom stereocenters. The highest BCUT2D eigenvalue weighted by atomic mass is 32.2. The van der Waals surface area contributed by atoms with Gasteiger partial charge in [-0.1, -0.05) is 34.1 Å². The van der Waals surface area contributed by atoms with Gasteiger partial charge in [0.25, 0.3) is 0 Å². The number of aliphatic carboxylic acids is 1. The van der Waals surface area contributed by atoms with Gasteiger partial charge in [0.2, 0.25) is 23.6 Å². The third-order valence-corrected chi connectivity index (χ3v) is 5.67. The lowest BCUT2D eigenvalue weighted by molar-refractivity contribution is -0.143. The highest BCUT2D eigenvalue weighted by Crippen LogP contribution is 2.11. The summed E-state index contributed by atoms with van der Waals surface area (Å²) in [6.07, 6.45) is 2.28. The summed E-state index contributed by atoms with van der Waals surface area (Å²) in [4.78, 5) is 60.5. The summed E-state index contributed by atoms with van der Waals surface area (Å²) in [5, 5.41) is 17.0. The third kappa shape index (κ3) is 10.3. The molecule has 0 bridgehead atoms. The van der Waals surface area contributed by atoms with Crippen LogP contribution < -0.4 is 27.4 Å². The smallest absolute Gasteiger partial charge is 0.326 e. The van der Waals surface area contributed by atoms with Gasteiger partial charge in [0.15, 0.2) is 0 Å². The Labute approximate surface area is 193 Å². The molecule has 0 aliphatic carbocycles. The fourth-order valence-electron chi connectivity index (χ4n) is 2.81. The van der Waals surface area contributed by atoms with Crippen molar-refractivity contribution in [1.29, 1.82) is 0 Å². The standard InChI is InChI=1S/C20H37N5O6S/c1-6-11(4)16(25-17(27)12(21)9-14(22)26)19(29)23-13(7-8-32-5)18(28)24-15(10(2)3)20(30)31/h10-13,15-16H,6-9,21H2,1-5H3,(H2,22,26)(H,23,29)(H,24,28)(H,25,27)(H,30,31). The van der Waals surface area contributed by atoms with Crippen LogP contribution in [-0.4, -0.2) is 70.9 Å². The number of nitrogens with one attached hydrogen (secondary N) is 3. The lowest BCUT2D eigenvalue weighted by Gasteiger charge is -2.28. The molecule has 11 nitrogen and oxygen atoms in total. The van der Waals surface area contributed by atoms with Crippen molar-refractivity contribution in [2.24, 2.45) is 23.3 Å². The molecule has 0 aliphatic rings. The molecule has 0 aromatic heterocycles. The molecule has 0 fully saturated rings. The average molecular weight is 476 g/mol. The fourth-order valence-corrected chi connectivity index (χ4v) is 3.28. The van der Waals surface area contributed by atoms with Crippen LogP contribution in [-0.2, 0) is 24.0 Å². The van der Waals surface area contributed by atoms with E-state index in [9.17, 15) is 29.1 Å². The molecule has 5 atom stereocenters. The summed E-state index contributed by atoms with van der Waals surface area (Å²) in [6.45, 7) is 6.91. The quantitative estimate of drug-likeness (QED) is 0.177. The molecule has 0 saturated carbocycles. The molecule has 0 spiro atoms. The zero-order valence-electron chi connectivity index (χ0n) is 19.3. The maximum absolute atomic E-state index is 13.0. The predicted molar refractivity (Wildman–Crippen MR) is 123 cm³/mol. The molecule has 184 valence electrons. The fraction of sp³-hybridized carbons (Fsp3) is 0.750. The van der Waals surface area contributed by atoms with Crippen LogP contribution in [0.4, 0.5) is 0 Å². The van der Waals surface area contributed by atoms with Gasteiger partial charge in [0, 0.05) is 0 Å². The van der Waals surface area contributed by atoms with Crippen LogP contribution in [0.1, 0.15) is 47.0 Å². The Bertz CT molecular complexity index is 675. The Morgan fingerprint density at radius 3 is 1.94 bits per heavy atom. The van der Waals surface area contributed by atoms with Crippen molar-refractivity contribution >= 4 is 41.4 Å². The van der Waals surface area contributed by atoms with Gasteiger partial charge < -0.3 is 32.5 Å². The Kier molecular flexibility index (Phi) is 13.6. The molecule has 0 saturated heterocycles. The normalized spacial score (nSPS) is 15.7. The van der Waals surface area contributed by atoms with Crippen molar-refractivity contribution in [3.8, 4) is 0 Å². The first kappa shape index (κ1) is 29.7. The molecule has 0 aromatic rings. The first-order valence-corrected chi connectivity index (χ1v) is 11.9. The summed E-state index contributed by atoms with van der Waals surface area (Å²) in [5.74, 6) is -3.95. The van der Waals surface area contributed by atoms with Crippen LogP contribution >= 0.6 is 11.8 Å². The number of carboxylic acids is 1. The van der Waals surface area contributed by atoms with E-state index in [2.05, 4.69) is 16.0 Å². The number of rotatable bonds is 15. The summed E-state index contributed by atoms with van der Waals surface area (Å²) >= 11 is 1.47. The lowest BCUT2D eigenvalue weighted by Crippen LogP contribution is -2.59. The molecule has 0 aliphatic heterocycles. The van der Waals surface area contributed by atoms with E-state index in [1.165, 1.54) is 11.8 Å². The first-order chi connectivity index (χ1) is 14.8. The summed E-state index contributed by atoms with van der Waals surface area (Å²) < 4.78 is 0. The third-order valence-electron chi connectivity index (χ3n) is 5.03. The van der Waals surface area contributed by atoms with Gasteiger partial charge in [-0.3, -0.25) is 19.2 Å². The maximum atomic E-state index is 13.0. The molecule has 8 N–H and O–H groups in total. The summed E-state index contributed by atoms with van der Waals surface area (Å²) in [5.41, 5.74) is 10.7. The van der Waals surface area contributed by atoms with Gasteiger partial charge in [-0.05, 0) is 30.3 Å². The van der Waals surface area contributed by atoms with Crippen LogP contribution in [0, 0.1) is 11.8 Å². The zero-order valence-corrected chi connectivity index (χ0v) is 20.2. The monoisotopic (exact) mass is 475 g/mol. The molecular weight excluding hydrogens is 438 g/mol. The molecule has 4 amide bonds. The second-order valence-corrected chi connectivity index (χ2v) is 9.05. The molecule has 32 heavy (non-hydrogen) atoms. The van der Waals surface area contributed by atoms with Gasteiger partial charge >= 0.3 is 5.97 Å². The first-order valence-electron chi connectivity index (χ1n) is 10.5. The Morgan fingerprint density at radius 2 is 1.50 bits per heavy atom. The van der Waals surface area contributed by atoms with Crippen molar-refractivity contribution < 1.29 is 29.1 Å². The molecule has 0 radical (unpaired) electrons. The largest absolute Gasteiger partial charge is 0.480 e. The van der Waals surface area contributed by atoms with E-state index in [1.54, 1.807) is 20.8 Å². The summed E-state index contributed by atoms with van der Waals surface area (Å²) in [6, 6.07) is -4.30. The van der Waals surface area contributed by atoms with Crippen molar-refractivity contribution in [3.05, 3.63) is 0 Å². The minimum absolute atomic E-state index is 0.269. The second-order valence-electron chi connectivity index (χ2n) is 8.06. The van der Waals surface area contributed by atoms with Gasteiger partial charge in [-0.2, -0.15) is 11.8 Å². The highest BCUT2D eigenvalue weighted by Gasteiger charge is 2.33. The van der Waals surface area contributed by atoms with Crippen LogP contribution in [0.15, 0.2) is 0 Å². The number of carbonyl (C=O) groups is 5. The maximum Gasteiger partial charge on any atom is 0.326 e. The number of hydrogen-bond donors (Lipinski definition) is 6. The minimum atomic E-state index is -1.20. The van der Waals surface area contributed by atoms with E-state index in [-0.39, 0.29) is 24.7 Å². The van der Waals surface area contributed by atoms with Crippen LogP contribution in [0.5, 0.6) is 0 Å². The molecular formula is C20H37N5O6S. The van der Waals surface area contributed by atoms with Crippen LogP contribution in [0.25, 0.3) is 0 Å². The van der Waals surface area contributed by atoms with Crippen molar-refractivity contribution in [1.82, 2.24) is 16.0 Å². The Morgan fingerprint density at radius 1 is 0.938 bits per heavy atom. The van der Waals surface area contributed by atoms with Gasteiger partial charge in [0.05, 0.1) is 12.5 Å². The Balaban J connectivity index is 5.51. The van der Waals surface area contributed by atoms with Crippen molar-refractivity contribution in [2.75, 3.05) is 12.0 Å². The van der Waals surface area contributed by atoms with Crippen molar-refractivity contribution in [3.63, 3.8) is 0 Å². The molecule has 0 heterocycles. The predicted octanol–water partition coefficient (Wildman–Crippen LogP) is -0.817. The van der Waals surface area contributed by atoms with Crippen molar-refractivity contribution in [2.45, 2.75) is 71.1 Å². The number of thioether (sulfide) groups is 1. The van der Waals surface area contributed by atoms with Gasteiger partial charge in [-0.15, -0.1) is 0 Å². The number of amides is 4. The number of primary amides is 1. The van der Waals surface area contributed by atoms with E-state index in [4.69, 9.17) is 11.5 Å². The van der Waals surface area contributed by atoms with Crippen LogP contribution in [0.3, 0.4) is 0 Å². The minimum Gasteiger partial charge on any atom is -0.480 e. The molecule has 12 heteroatoms.